The summed E-state index contributed by atoms with van der Waals surface area (Å²) in [5.74, 6) is -6.64. The fourth-order valence-corrected chi connectivity index (χ4v) is 5.20. The summed E-state index contributed by atoms with van der Waals surface area (Å²) in [5.41, 5.74) is 2.47. The van der Waals surface area contributed by atoms with E-state index in [1.54, 1.807) is 14.1 Å². The Labute approximate surface area is 189 Å². The van der Waals surface area contributed by atoms with Gasteiger partial charge in [0.05, 0.1) is 17.3 Å². The highest BCUT2D eigenvalue weighted by Crippen LogP contribution is 2.52. The Kier molecular flexibility index (Phi) is 5.61. The number of aliphatic hydroxyl groups is 3. The Bertz CT molecular complexity index is 1130. The number of aromatic hydroxyl groups is 1. The molecule has 3 aliphatic carbocycles. The average molecular weight is 466 g/mol. The third-order valence-electron chi connectivity index (χ3n) is 6.64. The molecule has 1 fully saturated rings. The second-order valence-electron chi connectivity index (χ2n) is 8.55. The second-order valence-corrected chi connectivity index (χ2v) is 8.55. The number of aliphatic hydroxyl groups excluding tert-OH is 2. The van der Waals surface area contributed by atoms with Gasteiger partial charge in [0.25, 0.3) is 5.91 Å². The smallest absolute Gasteiger partial charge is 0.255 e. The largest absolute Gasteiger partial charge is 0.508 e. The van der Waals surface area contributed by atoms with Crippen molar-refractivity contribution in [3.05, 3.63) is 39.9 Å². The number of nitrogens with two attached hydrogens (primary N) is 1. The molecule has 0 aliphatic heterocycles. The molecule has 1 saturated carbocycles. The predicted molar refractivity (Wildman–Crippen MR) is 114 cm³/mol. The first kappa shape index (κ1) is 23.7. The Hall–Kier alpha value is -2.95. The number of pyridine rings is 1. The molecular weight excluding hydrogens is 442 g/mol. The van der Waals surface area contributed by atoms with Crippen molar-refractivity contribution in [3.8, 4) is 5.75 Å². The average Bonchev–Trinajstić information content (AvgIpc) is 2.67. The van der Waals surface area contributed by atoms with Crippen LogP contribution >= 0.6 is 12.4 Å². The zero-order chi connectivity index (χ0) is 23.0. The van der Waals surface area contributed by atoms with E-state index in [1.807, 2.05) is 0 Å². The van der Waals surface area contributed by atoms with Crippen LogP contribution in [0.25, 0.3) is 5.76 Å². The topological polar surface area (TPSA) is 174 Å². The van der Waals surface area contributed by atoms with Crippen molar-refractivity contribution in [2.45, 2.75) is 31.4 Å². The lowest BCUT2D eigenvalue weighted by Gasteiger charge is -2.50. The standard InChI is InChI=1S/C21H23N3O7.ClH/c1-7-15(25)11-9(6-23-7)4-8-5-10-14(24(2)3)17(27)13(20(22)30)19(29)21(10,31)18(28)12(8)16(11)26;/h6,8,10,14,25-26,29,31H,4-5H2,1-3H3,(H2,22,30);1H/t8-,10-,14-,21-;/m0./s1. The number of ketones is 2. The van der Waals surface area contributed by atoms with Crippen molar-refractivity contribution >= 4 is 35.6 Å². The van der Waals surface area contributed by atoms with E-state index in [0.29, 0.717) is 5.56 Å². The summed E-state index contributed by atoms with van der Waals surface area (Å²) >= 11 is 0. The molecule has 172 valence electrons. The summed E-state index contributed by atoms with van der Waals surface area (Å²) in [6, 6.07) is -1.10. The molecule has 3 aliphatic rings. The molecule has 0 unspecified atom stereocenters. The fraction of sp³-hybridized carbons (Fsp3) is 0.429. The van der Waals surface area contributed by atoms with Crippen LogP contribution < -0.4 is 5.73 Å². The third-order valence-corrected chi connectivity index (χ3v) is 6.64. The first-order valence-corrected chi connectivity index (χ1v) is 9.75. The van der Waals surface area contributed by atoms with Gasteiger partial charge in [0, 0.05) is 17.7 Å². The number of aryl methyl sites for hydroxylation is 1. The molecule has 11 heteroatoms. The maximum atomic E-state index is 13.5. The highest BCUT2D eigenvalue weighted by Gasteiger charge is 2.64. The van der Waals surface area contributed by atoms with Crippen LogP contribution in [0, 0.1) is 18.8 Å². The van der Waals surface area contributed by atoms with Crippen molar-refractivity contribution in [1.29, 1.82) is 0 Å². The van der Waals surface area contributed by atoms with Crippen LogP contribution in [0.5, 0.6) is 5.75 Å². The Balaban J connectivity index is 0.00000289. The number of likely N-dealkylation sites (N-methyl/N-ethyl adjacent to an activating group) is 1. The molecule has 10 nitrogen and oxygen atoms in total. The second kappa shape index (κ2) is 7.58. The lowest BCUT2D eigenvalue weighted by Crippen LogP contribution is -2.65. The minimum atomic E-state index is -2.62. The monoisotopic (exact) mass is 465 g/mol. The molecule has 0 radical (unpaired) electrons. The summed E-state index contributed by atoms with van der Waals surface area (Å²) in [6.45, 7) is 1.54. The first-order chi connectivity index (χ1) is 14.4. The molecule has 4 rings (SSSR count). The van der Waals surface area contributed by atoms with Crippen LogP contribution in [-0.4, -0.2) is 73.5 Å². The minimum absolute atomic E-state index is 0. The van der Waals surface area contributed by atoms with E-state index in [0.717, 1.165) is 0 Å². The molecule has 0 aromatic carbocycles. The first-order valence-electron chi connectivity index (χ1n) is 9.75. The zero-order valence-electron chi connectivity index (χ0n) is 17.6. The Morgan fingerprint density at radius 1 is 1.25 bits per heavy atom. The Morgan fingerprint density at radius 2 is 1.88 bits per heavy atom. The number of hydrogen-bond donors (Lipinski definition) is 5. The highest BCUT2D eigenvalue weighted by molar-refractivity contribution is 6.24. The van der Waals surface area contributed by atoms with Gasteiger partial charge >= 0.3 is 0 Å². The lowest BCUT2D eigenvalue weighted by atomic mass is 9.57. The summed E-state index contributed by atoms with van der Waals surface area (Å²) in [6.07, 6.45) is 1.79. The van der Waals surface area contributed by atoms with E-state index in [9.17, 15) is 34.8 Å². The number of carbonyl (C=O) groups excluding carboxylic acids is 3. The lowest BCUT2D eigenvalue weighted by molar-refractivity contribution is -0.153. The normalized spacial score (nSPS) is 29.3. The van der Waals surface area contributed by atoms with Gasteiger partial charge in [-0.25, -0.2) is 0 Å². The van der Waals surface area contributed by atoms with Gasteiger partial charge in [0.15, 0.2) is 11.4 Å². The molecular formula is C21H24ClN3O7. The van der Waals surface area contributed by atoms with Gasteiger partial charge < -0.3 is 26.2 Å². The number of Topliss-reactive ketones (excluding diaryl/α,β-unsaturated/α-hetero) is 2. The molecule has 0 bridgehead atoms. The van der Waals surface area contributed by atoms with E-state index in [2.05, 4.69) is 4.98 Å². The molecule has 1 aromatic rings. The van der Waals surface area contributed by atoms with Crippen LogP contribution in [0.4, 0.5) is 0 Å². The SMILES string of the molecule is Cc1ncc2c(c1O)C(O)=C1C(=O)[C@]3(O)C(O)=C(C(N)=O)C(=O)[C@@H](N(C)C)[C@@H]3C[C@@H]1C2.Cl. The van der Waals surface area contributed by atoms with Crippen molar-refractivity contribution < 1.29 is 34.8 Å². The minimum Gasteiger partial charge on any atom is -0.508 e. The molecule has 1 aromatic heterocycles. The number of fused-ring (bicyclic) bond motifs is 3. The van der Waals surface area contributed by atoms with Crippen molar-refractivity contribution in [1.82, 2.24) is 9.88 Å². The number of aromatic nitrogens is 1. The van der Waals surface area contributed by atoms with Gasteiger partial charge in [-0.1, -0.05) is 0 Å². The molecule has 32 heavy (non-hydrogen) atoms. The van der Waals surface area contributed by atoms with E-state index < -0.39 is 58.0 Å². The van der Waals surface area contributed by atoms with E-state index >= 15 is 0 Å². The summed E-state index contributed by atoms with van der Waals surface area (Å²) in [7, 11) is 3.11. The predicted octanol–water partition coefficient (Wildman–Crippen LogP) is 0.0892. The van der Waals surface area contributed by atoms with Gasteiger partial charge in [0.2, 0.25) is 5.78 Å². The number of amides is 1. The maximum absolute atomic E-state index is 13.5. The van der Waals surface area contributed by atoms with Crippen LogP contribution in [0.1, 0.15) is 23.2 Å². The number of halogens is 1. The molecule has 0 spiro atoms. The molecule has 4 atom stereocenters. The quantitative estimate of drug-likeness (QED) is 0.379. The number of nitrogens with zero attached hydrogens (tertiary/aromatic N) is 2. The van der Waals surface area contributed by atoms with Crippen molar-refractivity contribution in [2.24, 2.45) is 17.6 Å². The summed E-state index contributed by atoms with van der Waals surface area (Å²) in [5, 5.41) is 43.5. The van der Waals surface area contributed by atoms with Crippen LogP contribution in [-0.2, 0) is 20.8 Å². The molecule has 1 amide bonds. The van der Waals surface area contributed by atoms with Gasteiger partial charge in [0.1, 0.15) is 22.8 Å². The zero-order valence-corrected chi connectivity index (χ0v) is 18.4. The van der Waals surface area contributed by atoms with E-state index in [4.69, 9.17) is 5.73 Å². The molecule has 6 N–H and O–H groups in total. The fourth-order valence-electron chi connectivity index (χ4n) is 5.20. The van der Waals surface area contributed by atoms with Crippen LogP contribution in [0.3, 0.4) is 0 Å². The highest BCUT2D eigenvalue weighted by atomic mass is 35.5. The van der Waals surface area contributed by atoms with Crippen LogP contribution in [0.2, 0.25) is 0 Å². The van der Waals surface area contributed by atoms with E-state index in [1.165, 1.54) is 18.0 Å². The summed E-state index contributed by atoms with van der Waals surface area (Å²) < 4.78 is 0. The van der Waals surface area contributed by atoms with Crippen LogP contribution in [0.15, 0.2) is 23.1 Å². The number of hydrogen-bond acceptors (Lipinski definition) is 9. The van der Waals surface area contributed by atoms with E-state index in [-0.39, 0.29) is 47.8 Å². The summed E-state index contributed by atoms with van der Waals surface area (Å²) in [4.78, 5) is 43.9. The van der Waals surface area contributed by atoms with Gasteiger partial charge in [-0.3, -0.25) is 24.3 Å². The molecule has 1 heterocycles. The number of primary amides is 1. The van der Waals surface area contributed by atoms with Crippen molar-refractivity contribution in [2.75, 3.05) is 14.1 Å². The number of rotatable bonds is 2. The van der Waals surface area contributed by atoms with Crippen molar-refractivity contribution in [3.63, 3.8) is 0 Å². The Morgan fingerprint density at radius 3 is 2.44 bits per heavy atom. The van der Waals surface area contributed by atoms with Gasteiger partial charge in [-0.2, -0.15) is 0 Å². The maximum Gasteiger partial charge on any atom is 0.255 e. The van der Waals surface area contributed by atoms with Gasteiger partial charge in [-0.15, -0.1) is 12.4 Å². The number of carbonyl (C=O) groups is 3. The van der Waals surface area contributed by atoms with Gasteiger partial charge in [-0.05, 0) is 45.3 Å². The third kappa shape index (κ3) is 2.86. The molecule has 0 saturated heterocycles.